The average Bonchev–Trinajstić information content (AvgIpc) is 2.65. The molecule has 0 unspecified atom stereocenters. The van der Waals surface area contributed by atoms with Gasteiger partial charge in [0.25, 0.3) is 11.1 Å². The minimum absolute atomic E-state index is 0.0400. The second-order valence-corrected chi connectivity index (χ2v) is 5.72. The standard InChI is InChI=1S/C18H18N4O4/c1-2-3-10-22-16(23)8-7-14(20-22)18(25)26-12-13-11-17(24)21-9-5-4-6-15(21)19-13/h4-9,11H,2-3,10,12H2,1H3. The number of aryl methyl sites for hydroxylation is 1. The fourth-order valence-corrected chi connectivity index (χ4v) is 2.42. The van der Waals surface area contributed by atoms with Gasteiger partial charge in [0.15, 0.2) is 5.69 Å². The van der Waals surface area contributed by atoms with Crippen LogP contribution >= 0.6 is 0 Å². The predicted molar refractivity (Wildman–Crippen MR) is 94.0 cm³/mol. The molecule has 0 aromatic carbocycles. The number of ether oxygens (including phenoxy) is 1. The zero-order valence-electron chi connectivity index (χ0n) is 14.3. The molecule has 0 amide bonds. The molecule has 3 aromatic rings. The molecule has 0 N–H and O–H groups in total. The fourth-order valence-electron chi connectivity index (χ4n) is 2.42. The first-order valence-corrected chi connectivity index (χ1v) is 8.31. The Labute approximate surface area is 148 Å². The van der Waals surface area contributed by atoms with Crippen LogP contribution in [0.1, 0.15) is 35.9 Å². The number of nitrogens with zero attached hydrogens (tertiary/aromatic N) is 4. The molecule has 3 heterocycles. The lowest BCUT2D eigenvalue weighted by atomic mass is 10.3. The van der Waals surface area contributed by atoms with Gasteiger partial charge in [-0.25, -0.2) is 14.5 Å². The van der Waals surface area contributed by atoms with Crippen LogP contribution < -0.4 is 11.1 Å². The van der Waals surface area contributed by atoms with E-state index in [1.807, 2.05) is 6.92 Å². The fraction of sp³-hybridized carbons (Fsp3) is 0.278. The number of hydrogen-bond acceptors (Lipinski definition) is 6. The predicted octanol–water partition coefficient (Wildman–Crippen LogP) is 1.41. The molecule has 0 spiro atoms. The normalized spacial score (nSPS) is 10.8. The zero-order chi connectivity index (χ0) is 18.5. The molecule has 134 valence electrons. The SMILES string of the molecule is CCCCn1nc(C(=O)OCc2cc(=O)n3ccccc3n2)ccc1=O. The van der Waals surface area contributed by atoms with Crippen molar-refractivity contribution in [2.45, 2.75) is 32.9 Å². The molecule has 0 aliphatic rings. The van der Waals surface area contributed by atoms with Crippen molar-refractivity contribution in [1.82, 2.24) is 19.2 Å². The first kappa shape index (κ1) is 17.5. The summed E-state index contributed by atoms with van der Waals surface area (Å²) in [5.74, 6) is -0.676. The maximum Gasteiger partial charge on any atom is 0.359 e. The van der Waals surface area contributed by atoms with Crippen molar-refractivity contribution in [2.24, 2.45) is 0 Å². The lowest BCUT2D eigenvalue weighted by molar-refractivity contribution is 0.0457. The molecule has 0 radical (unpaired) electrons. The number of esters is 1. The highest BCUT2D eigenvalue weighted by Gasteiger charge is 2.12. The van der Waals surface area contributed by atoms with Gasteiger partial charge in [0.1, 0.15) is 12.3 Å². The van der Waals surface area contributed by atoms with Crippen molar-refractivity contribution in [1.29, 1.82) is 0 Å². The highest BCUT2D eigenvalue weighted by atomic mass is 16.5. The molecular formula is C18H18N4O4. The van der Waals surface area contributed by atoms with Gasteiger partial charge in [0.05, 0.1) is 5.69 Å². The smallest absolute Gasteiger partial charge is 0.359 e. The Kier molecular flexibility index (Phi) is 5.21. The third kappa shape index (κ3) is 3.85. The molecule has 3 aromatic heterocycles. The number of rotatable bonds is 6. The average molecular weight is 354 g/mol. The van der Waals surface area contributed by atoms with Crippen LogP contribution in [-0.2, 0) is 17.9 Å². The lowest BCUT2D eigenvalue weighted by Crippen LogP contribution is -2.25. The van der Waals surface area contributed by atoms with E-state index < -0.39 is 5.97 Å². The Morgan fingerprint density at radius 3 is 2.81 bits per heavy atom. The van der Waals surface area contributed by atoms with Gasteiger partial charge in [-0.2, -0.15) is 5.10 Å². The molecule has 26 heavy (non-hydrogen) atoms. The molecule has 0 aliphatic heterocycles. The van der Waals surface area contributed by atoms with Crippen molar-refractivity contribution < 1.29 is 9.53 Å². The van der Waals surface area contributed by atoms with Gasteiger partial charge in [-0.3, -0.25) is 14.0 Å². The largest absolute Gasteiger partial charge is 0.454 e. The molecule has 0 saturated carbocycles. The van der Waals surface area contributed by atoms with Gasteiger partial charge in [-0.05, 0) is 24.6 Å². The summed E-state index contributed by atoms with van der Waals surface area (Å²) < 4.78 is 7.84. The van der Waals surface area contributed by atoms with Crippen molar-refractivity contribution in [3.63, 3.8) is 0 Å². The monoisotopic (exact) mass is 354 g/mol. The molecule has 0 aliphatic carbocycles. The number of carbonyl (C=O) groups is 1. The third-order valence-corrected chi connectivity index (χ3v) is 3.77. The number of aromatic nitrogens is 4. The van der Waals surface area contributed by atoms with Crippen LogP contribution in [0.4, 0.5) is 0 Å². The summed E-state index contributed by atoms with van der Waals surface area (Å²) >= 11 is 0. The Bertz CT molecular complexity index is 1050. The van der Waals surface area contributed by atoms with Gasteiger partial charge in [0.2, 0.25) is 0 Å². The Morgan fingerprint density at radius 1 is 1.15 bits per heavy atom. The molecule has 8 nitrogen and oxygen atoms in total. The van der Waals surface area contributed by atoms with Crippen molar-refractivity contribution in [3.8, 4) is 0 Å². The van der Waals surface area contributed by atoms with E-state index >= 15 is 0 Å². The van der Waals surface area contributed by atoms with Crippen molar-refractivity contribution in [2.75, 3.05) is 0 Å². The van der Waals surface area contributed by atoms with E-state index in [-0.39, 0.29) is 23.4 Å². The highest BCUT2D eigenvalue weighted by molar-refractivity contribution is 5.86. The minimum atomic E-state index is -0.676. The van der Waals surface area contributed by atoms with Gasteiger partial charge in [0, 0.05) is 24.9 Å². The van der Waals surface area contributed by atoms with Crippen LogP contribution in [0.3, 0.4) is 0 Å². The number of pyridine rings is 1. The maximum absolute atomic E-state index is 12.2. The van der Waals surface area contributed by atoms with Gasteiger partial charge in [-0.15, -0.1) is 0 Å². The molecule has 0 saturated heterocycles. The highest BCUT2D eigenvalue weighted by Crippen LogP contribution is 2.03. The molecular weight excluding hydrogens is 336 g/mol. The number of unbranched alkanes of at least 4 members (excludes halogenated alkanes) is 1. The molecule has 0 fully saturated rings. The van der Waals surface area contributed by atoms with Crippen LogP contribution in [0, 0.1) is 0 Å². The summed E-state index contributed by atoms with van der Waals surface area (Å²) in [5.41, 5.74) is 0.330. The van der Waals surface area contributed by atoms with Crippen LogP contribution in [0.5, 0.6) is 0 Å². The lowest BCUT2D eigenvalue weighted by Gasteiger charge is -2.07. The van der Waals surface area contributed by atoms with Gasteiger partial charge < -0.3 is 4.74 Å². The molecule has 0 atom stereocenters. The maximum atomic E-state index is 12.2. The summed E-state index contributed by atoms with van der Waals surface area (Å²) in [4.78, 5) is 40.2. The van der Waals surface area contributed by atoms with E-state index in [0.717, 1.165) is 12.8 Å². The minimum Gasteiger partial charge on any atom is -0.454 e. The summed E-state index contributed by atoms with van der Waals surface area (Å²) in [6, 6.07) is 9.12. The molecule has 3 rings (SSSR count). The van der Waals surface area contributed by atoms with Gasteiger partial charge >= 0.3 is 5.97 Å². The Hall–Kier alpha value is -3.29. The van der Waals surface area contributed by atoms with Crippen LogP contribution in [0.15, 0.2) is 52.2 Å². The third-order valence-electron chi connectivity index (χ3n) is 3.77. The summed E-state index contributed by atoms with van der Waals surface area (Å²) in [7, 11) is 0. The van der Waals surface area contributed by atoms with Crippen molar-refractivity contribution in [3.05, 3.63) is 74.7 Å². The van der Waals surface area contributed by atoms with E-state index in [0.29, 0.717) is 17.9 Å². The first-order valence-electron chi connectivity index (χ1n) is 8.31. The second kappa shape index (κ2) is 7.73. The number of carbonyl (C=O) groups excluding carboxylic acids is 1. The van der Waals surface area contributed by atoms with E-state index in [4.69, 9.17) is 4.74 Å². The van der Waals surface area contributed by atoms with E-state index in [1.165, 1.54) is 27.3 Å². The van der Waals surface area contributed by atoms with E-state index in [9.17, 15) is 14.4 Å². The summed E-state index contributed by atoms with van der Waals surface area (Å²) in [6.45, 7) is 2.29. The topological polar surface area (TPSA) is 95.6 Å². The number of fused-ring (bicyclic) bond motifs is 1. The number of hydrogen-bond donors (Lipinski definition) is 0. The Balaban J connectivity index is 1.75. The quantitative estimate of drug-likeness (QED) is 0.621. The van der Waals surface area contributed by atoms with Crippen LogP contribution in [0.25, 0.3) is 5.65 Å². The summed E-state index contributed by atoms with van der Waals surface area (Å²) in [5, 5.41) is 4.03. The molecule has 8 heteroatoms. The van der Waals surface area contributed by atoms with Gasteiger partial charge in [-0.1, -0.05) is 19.4 Å². The van der Waals surface area contributed by atoms with E-state index in [1.54, 1.807) is 24.4 Å². The zero-order valence-corrected chi connectivity index (χ0v) is 14.3. The Morgan fingerprint density at radius 2 is 2.00 bits per heavy atom. The van der Waals surface area contributed by atoms with Crippen LogP contribution in [0.2, 0.25) is 0 Å². The summed E-state index contributed by atoms with van der Waals surface area (Å²) in [6.07, 6.45) is 3.31. The second-order valence-electron chi connectivity index (χ2n) is 5.72. The first-order chi connectivity index (χ1) is 12.6. The van der Waals surface area contributed by atoms with Crippen molar-refractivity contribution >= 4 is 11.6 Å². The van der Waals surface area contributed by atoms with E-state index in [2.05, 4.69) is 10.1 Å². The molecule has 0 bridgehead atoms. The van der Waals surface area contributed by atoms with Crippen LogP contribution in [-0.4, -0.2) is 25.1 Å².